The molecule has 0 radical (unpaired) electrons. The number of ether oxygens (including phenoxy) is 1. The molecule has 2 fully saturated rings. The molecule has 12 heteroatoms. The Morgan fingerprint density at radius 3 is 2.48 bits per heavy atom. The van der Waals surface area contributed by atoms with Gasteiger partial charge in [0.25, 0.3) is 5.91 Å². The van der Waals surface area contributed by atoms with Crippen molar-refractivity contribution in [3.05, 3.63) is 36.0 Å². The highest BCUT2D eigenvalue weighted by Gasteiger charge is 2.47. The fourth-order valence-corrected chi connectivity index (χ4v) is 5.88. The first-order chi connectivity index (χ1) is 19.0. The lowest BCUT2D eigenvalue weighted by atomic mass is 9.82. The molecule has 4 atom stereocenters. The van der Waals surface area contributed by atoms with E-state index >= 15 is 0 Å². The van der Waals surface area contributed by atoms with Crippen molar-refractivity contribution >= 4 is 53.1 Å². The van der Waals surface area contributed by atoms with Gasteiger partial charge in [0.1, 0.15) is 17.8 Å². The lowest BCUT2D eigenvalue weighted by Gasteiger charge is -2.39. The van der Waals surface area contributed by atoms with Crippen LogP contribution in [0.1, 0.15) is 56.4 Å². The summed E-state index contributed by atoms with van der Waals surface area (Å²) < 4.78 is 4.94. The van der Waals surface area contributed by atoms with E-state index in [4.69, 9.17) is 4.74 Å². The Labute approximate surface area is 238 Å². The molecule has 3 heterocycles. The van der Waals surface area contributed by atoms with Crippen LogP contribution in [0.15, 0.2) is 30.3 Å². The molecule has 11 nitrogen and oxygen atoms in total. The van der Waals surface area contributed by atoms with Gasteiger partial charge in [0.15, 0.2) is 0 Å². The predicted molar refractivity (Wildman–Crippen MR) is 152 cm³/mol. The van der Waals surface area contributed by atoms with E-state index in [0.717, 1.165) is 10.9 Å². The zero-order valence-electron chi connectivity index (χ0n) is 23.0. The van der Waals surface area contributed by atoms with E-state index in [1.54, 1.807) is 17.9 Å². The second kappa shape index (κ2) is 12.3. The number of carbonyl (C=O) groups excluding carboxylic acids is 5. The normalized spacial score (nSPS) is 20.4. The molecule has 216 valence electrons. The summed E-state index contributed by atoms with van der Waals surface area (Å²) in [6, 6.07) is 7.10. The summed E-state index contributed by atoms with van der Waals surface area (Å²) in [6.07, 6.45) is 2.03. The van der Waals surface area contributed by atoms with Gasteiger partial charge in [0.05, 0.1) is 7.11 Å². The molecule has 4 amide bonds. The van der Waals surface area contributed by atoms with Crippen LogP contribution in [-0.2, 0) is 23.9 Å². The lowest BCUT2D eigenvalue weighted by molar-refractivity contribution is -0.146. The largest absolute Gasteiger partial charge is 0.467 e. The first-order valence-corrected chi connectivity index (χ1v) is 14.0. The molecule has 4 N–H and O–H groups in total. The average Bonchev–Trinajstić information content (AvgIpc) is 3.48. The molecule has 0 bridgehead atoms. The summed E-state index contributed by atoms with van der Waals surface area (Å²) in [5.74, 6) is -2.40. The van der Waals surface area contributed by atoms with Crippen LogP contribution < -0.4 is 16.0 Å². The van der Waals surface area contributed by atoms with Gasteiger partial charge >= 0.3 is 5.97 Å². The number of H-pyrrole nitrogens is 1. The molecule has 0 saturated carbocycles. The highest BCUT2D eigenvalue weighted by molar-refractivity contribution is 7.80. The zero-order valence-corrected chi connectivity index (χ0v) is 23.9. The summed E-state index contributed by atoms with van der Waals surface area (Å²) >= 11 is 4.40. The Morgan fingerprint density at radius 2 is 1.85 bits per heavy atom. The Kier molecular flexibility index (Phi) is 9.07. The third-order valence-corrected chi connectivity index (χ3v) is 8.07. The Bertz CT molecular complexity index is 1250. The van der Waals surface area contributed by atoms with E-state index in [1.165, 1.54) is 14.0 Å². The lowest BCUT2D eigenvalue weighted by Crippen LogP contribution is -2.53. The van der Waals surface area contributed by atoms with E-state index in [-0.39, 0.29) is 29.9 Å². The van der Waals surface area contributed by atoms with Crippen molar-refractivity contribution < 1.29 is 28.7 Å². The maximum Gasteiger partial charge on any atom is 0.328 e. The number of piperidine rings is 1. The maximum absolute atomic E-state index is 13.4. The number of carbonyl (C=O) groups is 5. The van der Waals surface area contributed by atoms with Gasteiger partial charge in [-0.1, -0.05) is 25.1 Å². The predicted octanol–water partition coefficient (Wildman–Crippen LogP) is 1.54. The minimum Gasteiger partial charge on any atom is -0.467 e. The number of rotatable bonds is 9. The van der Waals surface area contributed by atoms with Crippen molar-refractivity contribution in [2.24, 2.45) is 5.92 Å². The number of thiol groups is 1. The fourth-order valence-electron chi connectivity index (χ4n) is 5.67. The number of para-hydroxylation sites is 1. The molecule has 2 saturated heterocycles. The number of aromatic amines is 1. The number of esters is 1. The van der Waals surface area contributed by atoms with Gasteiger partial charge in [-0.3, -0.25) is 19.2 Å². The van der Waals surface area contributed by atoms with Crippen LogP contribution in [0, 0.1) is 5.92 Å². The number of nitrogens with zero attached hydrogens (tertiary/aromatic N) is 1. The number of hydrogen-bond donors (Lipinski definition) is 5. The Balaban J connectivity index is 1.43. The summed E-state index contributed by atoms with van der Waals surface area (Å²) in [5.41, 5.74) is 0.663. The van der Waals surface area contributed by atoms with Crippen molar-refractivity contribution in [3.8, 4) is 0 Å². The van der Waals surface area contributed by atoms with Crippen molar-refractivity contribution in [2.75, 3.05) is 20.2 Å². The van der Waals surface area contributed by atoms with Crippen molar-refractivity contribution in [2.45, 2.75) is 68.8 Å². The zero-order chi connectivity index (χ0) is 29.0. The van der Waals surface area contributed by atoms with Gasteiger partial charge in [-0.25, -0.2) is 4.79 Å². The standard InChI is InChI=1S/C28H37N5O6S/c1-16(40)12-21(30-26(37)22-13-18-6-4-5-7-20(18)29-22)25(36)31-23(27(38)39-3)14-19-15-28(32-24(19)35)8-10-33(11-9-28)17(2)34/h4-7,13,16,19,21,23,29,40H,8-12,14-15H2,1-3H3,(H,30,37)(H,31,36)(H,32,35)/t16?,19?,21-,23?/m0/s1. The fraction of sp³-hybridized carbons (Fsp3) is 0.536. The monoisotopic (exact) mass is 571 g/mol. The first-order valence-electron chi connectivity index (χ1n) is 13.5. The minimum atomic E-state index is -1.08. The summed E-state index contributed by atoms with van der Waals surface area (Å²) in [4.78, 5) is 68.5. The third-order valence-electron chi connectivity index (χ3n) is 7.86. The smallest absolute Gasteiger partial charge is 0.328 e. The second-order valence-corrected chi connectivity index (χ2v) is 11.8. The average molecular weight is 572 g/mol. The van der Waals surface area contributed by atoms with Gasteiger partial charge in [-0.05, 0) is 44.2 Å². The highest BCUT2D eigenvalue weighted by Crippen LogP contribution is 2.36. The molecular formula is C28H37N5O6S. The van der Waals surface area contributed by atoms with E-state index < -0.39 is 41.3 Å². The molecule has 1 aromatic heterocycles. The minimum absolute atomic E-state index is 0.00547. The van der Waals surface area contributed by atoms with Gasteiger partial charge in [-0.15, -0.1) is 0 Å². The number of amides is 4. The van der Waals surface area contributed by atoms with Crippen LogP contribution in [-0.4, -0.2) is 82.6 Å². The molecule has 1 aromatic carbocycles. The van der Waals surface area contributed by atoms with Crippen molar-refractivity contribution in [1.82, 2.24) is 25.8 Å². The second-order valence-electron chi connectivity index (χ2n) is 10.9. The molecular weight excluding hydrogens is 534 g/mol. The number of hydrogen-bond acceptors (Lipinski definition) is 7. The van der Waals surface area contributed by atoms with Gasteiger partial charge in [0, 0.05) is 47.6 Å². The molecule has 2 aliphatic heterocycles. The number of benzene rings is 1. The van der Waals surface area contributed by atoms with Gasteiger partial charge in [0.2, 0.25) is 17.7 Å². The number of aromatic nitrogens is 1. The SMILES string of the molecule is COC(=O)C(CC1CC2(CCN(C(C)=O)CC2)NC1=O)NC(=O)[C@H](CC(C)S)NC(=O)c1cc2ccccc2[nH]1. The molecule has 0 aliphatic carbocycles. The van der Waals surface area contributed by atoms with Crippen LogP contribution in [0.5, 0.6) is 0 Å². The summed E-state index contributed by atoms with van der Waals surface area (Å²) in [6.45, 7) is 4.44. The van der Waals surface area contributed by atoms with Gasteiger partial charge < -0.3 is 30.6 Å². The van der Waals surface area contributed by atoms with Crippen molar-refractivity contribution in [1.29, 1.82) is 0 Å². The molecule has 4 rings (SSSR count). The number of nitrogens with one attached hydrogen (secondary N) is 4. The number of fused-ring (bicyclic) bond motifs is 1. The molecule has 2 aromatic rings. The Hall–Kier alpha value is -3.54. The maximum atomic E-state index is 13.4. The van der Waals surface area contributed by atoms with E-state index in [1.807, 2.05) is 24.3 Å². The topological polar surface area (TPSA) is 150 Å². The van der Waals surface area contributed by atoms with Crippen LogP contribution in [0.25, 0.3) is 10.9 Å². The van der Waals surface area contributed by atoms with E-state index in [9.17, 15) is 24.0 Å². The highest BCUT2D eigenvalue weighted by atomic mass is 32.1. The van der Waals surface area contributed by atoms with E-state index in [0.29, 0.717) is 38.0 Å². The summed E-state index contributed by atoms with van der Waals surface area (Å²) in [5, 5.41) is 9.19. The molecule has 3 unspecified atom stereocenters. The van der Waals surface area contributed by atoms with Crippen LogP contribution >= 0.6 is 12.6 Å². The quantitative estimate of drug-likeness (QED) is 0.228. The van der Waals surface area contributed by atoms with E-state index in [2.05, 4.69) is 33.6 Å². The number of likely N-dealkylation sites (tertiary alicyclic amines) is 1. The van der Waals surface area contributed by atoms with Gasteiger partial charge in [-0.2, -0.15) is 12.6 Å². The molecule has 2 aliphatic rings. The summed E-state index contributed by atoms with van der Waals surface area (Å²) in [7, 11) is 1.22. The molecule has 40 heavy (non-hydrogen) atoms. The van der Waals surface area contributed by atoms with Crippen LogP contribution in [0.2, 0.25) is 0 Å². The van der Waals surface area contributed by atoms with Crippen LogP contribution in [0.3, 0.4) is 0 Å². The third kappa shape index (κ3) is 6.78. The number of methoxy groups -OCH3 is 1. The van der Waals surface area contributed by atoms with Crippen LogP contribution in [0.4, 0.5) is 0 Å². The first kappa shape index (κ1) is 29.4. The van der Waals surface area contributed by atoms with Crippen molar-refractivity contribution in [3.63, 3.8) is 0 Å². The molecule has 1 spiro atoms. The Morgan fingerprint density at radius 1 is 1.15 bits per heavy atom.